The van der Waals surface area contributed by atoms with E-state index in [9.17, 15) is 24.8 Å². The number of nitrogens with one attached hydrogen (secondary N) is 1. The normalized spacial score (nSPS) is 22.6. The number of aliphatic carboxylic acids is 1. The van der Waals surface area contributed by atoms with Gasteiger partial charge in [0, 0.05) is 0 Å². The maximum absolute atomic E-state index is 12.5. The third-order valence-electron chi connectivity index (χ3n) is 4.20. The first-order chi connectivity index (χ1) is 12.5. The van der Waals surface area contributed by atoms with Crippen molar-refractivity contribution in [3.63, 3.8) is 0 Å². The van der Waals surface area contributed by atoms with Crippen molar-refractivity contribution in [1.82, 2.24) is 10.2 Å². The van der Waals surface area contributed by atoms with Crippen LogP contribution in [0.25, 0.3) is 0 Å². The number of β-lactam (4-membered cyclic amide) rings is 1. The summed E-state index contributed by atoms with van der Waals surface area (Å²) in [5.74, 6) is -2.95. The van der Waals surface area contributed by atoms with E-state index in [0.29, 0.717) is 5.56 Å². The molecule has 1 saturated heterocycles. The summed E-state index contributed by atoms with van der Waals surface area (Å²) in [4.78, 5) is 37.5. The van der Waals surface area contributed by atoms with E-state index in [-0.39, 0.29) is 17.2 Å². The van der Waals surface area contributed by atoms with Gasteiger partial charge < -0.3 is 15.2 Å². The smallest absolute Gasteiger partial charge is 0.356 e. The number of hydrogen-bond donors (Lipinski definition) is 2. The van der Waals surface area contributed by atoms with Gasteiger partial charge in [-0.15, -0.1) is 11.8 Å². The van der Waals surface area contributed by atoms with E-state index in [4.69, 9.17) is 4.74 Å². The van der Waals surface area contributed by atoms with Crippen LogP contribution in [0, 0.1) is 11.3 Å². The van der Waals surface area contributed by atoms with Gasteiger partial charge in [-0.2, -0.15) is 5.26 Å². The Hall–Kier alpha value is -2.99. The van der Waals surface area contributed by atoms with E-state index in [1.54, 1.807) is 30.3 Å². The number of carbonyl (C=O) groups is 3. The summed E-state index contributed by atoms with van der Waals surface area (Å²) in [7, 11) is 1.35. The lowest BCUT2D eigenvalue weighted by Gasteiger charge is -2.49. The first-order valence-electron chi connectivity index (χ1n) is 7.69. The van der Waals surface area contributed by atoms with Crippen molar-refractivity contribution in [1.29, 1.82) is 5.26 Å². The highest BCUT2D eigenvalue weighted by Gasteiger charge is 2.55. The summed E-state index contributed by atoms with van der Waals surface area (Å²) in [6.07, 6.45) is 0. The summed E-state index contributed by atoms with van der Waals surface area (Å²) in [5, 5.41) is 20.7. The molecule has 2 aliphatic rings. The second-order valence-corrected chi connectivity index (χ2v) is 6.75. The van der Waals surface area contributed by atoms with Crippen LogP contribution in [0.4, 0.5) is 0 Å². The number of hydrogen-bond acceptors (Lipinski definition) is 6. The molecule has 2 aliphatic heterocycles. The molecular weight excluding hydrogens is 358 g/mol. The van der Waals surface area contributed by atoms with Crippen molar-refractivity contribution in [2.24, 2.45) is 0 Å². The van der Waals surface area contributed by atoms with Crippen molar-refractivity contribution in [3.05, 3.63) is 47.4 Å². The molecule has 3 atom stereocenters. The number of nitrogens with zero attached hydrogens (tertiary/aromatic N) is 2. The molecule has 0 aromatic heterocycles. The van der Waals surface area contributed by atoms with Crippen molar-refractivity contribution >= 4 is 29.5 Å². The minimum absolute atomic E-state index is 0.202. The van der Waals surface area contributed by atoms with Crippen LogP contribution in [0.5, 0.6) is 0 Å². The second kappa shape index (κ2) is 7.09. The van der Waals surface area contributed by atoms with Crippen molar-refractivity contribution in [2.45, 2.75) is 17.3 Å². The Kier molecular flexibility index (Phi) is 4.86. The number of methoxy groups -OCH3 is 1. The molecule has 134 valence electrons. The number of carboxylic acids is 1. The van der Waals surface area contributed by atoms with Crippen LogP contribution in [0.1, 0.15) is 11.5 Å². The lowest BCUT2D eigenvalue weighted by molar-refractivity contribution is -0.151. The molecule has 2 heterocycles. The lowest BCUT2D eigenvalue weighted by atomic mass is 9.98. The van der Waals surface area contributed by atoms with Crippen molar-refractivity contribution in [3.8, 4) is 6.07 Å². The number of ether oxygens (including phenoxy) is 1. The van der Waals surface area contributed by atoms with E-state index < -0.39 is 35.1 Å². The van der Waals surface area contributed by atoms with Crippen LogP contribution in [0.2, 0.25) is 0 Å². The molecule has 26 heavy (non-hydrogen) atoms. The fourth-order valence-corrected chi connectivity index (χ4v) is 4.23. The highest BCUT2D eigenvalue weighted by Crippen LogP contribution is 2.40. The van der Waals surface area contributed by atoms with Gasteiger partial charge in [0.2, 0.25) is 5.91 Å². The fourth-order valence-electron chi connectivity index (χ4n) is 2.91. The first kappa shape index (κ1) is 17.8. The Morgan fingerprint density at radius 3 is 2.69 bits per heavy atom. The van der Waals surface area contributed by atoms with Gasteiger partial charge >= 0.3 is 5.97 Å². The van der Waals surface area contributed by atoms with Gasteiger partial charge in [-0.3, -0.25) is 14.5 Å². The Bertz CT molecular complexity index is 833. The zero-order valence-electron chi connectivity index (χ0n) is 13.7. The number of carbonyl (C=O) groups excluding carboxylic acids is 2. The van der Waals surface area contributed by atoms with Gasteiger partial charge in [-0.1, -0.05) is 30.3 Å². The van der Waals surface area contributed by atoms with Crippen molar-refractivity contribution < 1.29 is 24.2 Å². The van der Waals surface area contributed by atoms with Crippen LogP contribution < -0.4 is 5.32 Å². The van der Waals surface area contributed by atoms with Crippen LogP contribution in [0.15, 0.2) is 41.8 Å². The number of thioether (sulfide) groups is 1. The number of fused-ring (bicyclic) bond motifs is 1. The number of carboxylic acid groups (broad SMARTS) is 1. The van der Waals surface area contributed by atoms with Crippen LogP contribution in [-0.2, 0) is 19.1 Å². The summed E-state index contributed by atoms with van der Waals surface area (Å²) in [6, 6.07) is 9.59. The van der Waals surface area contributed by atoms with Gasteiger partial charge in [0.1, 0.15) is 23.1 Å². The average molecular weight is 373 g/mol. The minimum Gasteiger partial charge on any atom is -0.498 e. The summed E-state index contributed by atoms with van der Waals surface area (Å²) in [5.41, 5.74) is 0.326. The highest BCUT2D eigenvalue weighted by atomic mass is 32.2. The highest BCUT2D eigenvalue weighted by molar-refractivity contribution is 8.00. The van der Waals surface area contributed by atoms with Gasteiger partial charge in [0.05, 0.1) is 18.9 Å². The molecule has 0 bridgehead atoms. The Balaban J connectivity index is 1.76. The molecule has 8 nitrogen and oxygen atoms in total. The number of nitriles is 1. The number of benzene rings is 1. The molecule has 1 fully saturated rings. The summed E-state index contributed by atoms with van der Waals surface area (Å²) >= 11 is 1.30. The van der Waals surface area contributed by atoms with Crippen LogP contribution in [-0.4, -0.2) is 52.1 Å². The first-order valence-corrected chi connectivity index (χ1v) is 8.74. The standard InChI is InChI=1S/C17H15N3O5S/c1-25-11-8-26-16-12(15(22)20(16)13(11)17(23)24)19-14(21)10(7-18)9-5-3-2-4-6-9/h2-6,10,12,16H,8H2,1H3,(H,19,21)(H,23,24)/t10?,12-,16+/m1/s1. The topological polar surface area (TPSA) is 120 Å². The molecule has 0 radical (unpaired) electrons. The van der Waals surface area contributed by atoms with Gasteiger partial charge in [0.25, 0.3) is 5.91 Å². The molecule has 3 rings (SSSR count). The maximum Gasteiger partial charge on any atom is 0.356 e. The molecule has 1 aromatic rings. The largest absolute Gasteiger partial charge is 0.498 e. The van der Waals surface area contributed by atoms with Gasteiger partial charge in [-0.05, 0) is 5.56 Å². The van der Waals surface area contributed by atoms with E-state index in [1.165, 1.54) is 18.9 Å². The quantitative estimate of drug-likeness (QED) is 0.727. The van der Waals surface area contributed by atoms with E-state index in [2.05, 4.69) is 5.32 Å². The van der Waals surface area contributed by atoms with E-state index >= 15 is 0 Å². The van der Waals surface area contributed by atoms with Crippen LogP contribution >= 0.6 is 11.8 Å². The summed E-state index contributed by atoms with van der Waals surface area (Å²) in [6.45, 7) is 0. The molecule has 1 unspecified atom stereocenters. The molecule has 9 heteroatoms. The maximum atomic E-state index is 12.5. The van der Waals surface area contributed by atoms with E-state index in [0.717, 1.165) is 4.90 Å². The molecule has 0 saturated carbocycles. The van der Waals surface area contributed by atoms with Crippen molar-refractivity contribution in [2.75, 3.05) is 12.9 Å². The fraction of sp³-hybridized carbons (Fsp3) is 0.294. The lowest BCUT2D eigenvalue weighted by Crippen LogP contribution is -2.70. The monoisotopic (exact) mass is 373 g/mol. The zero-order valence-corrected chi connectivity index (χ0v) is 14.5. The third kappa shape index (κ3) is 2.88. The Morgan fingerprint density at radius 2 is 2.12 bits per heavy atom. The Morgan fingerprint density at radius 1 is 1.42 bits per heavy atom. The van der Waals surface area contributed by atoms with E-state index in [1.807, 2.05) is 6.07 Å². The number of amides is 2. The molecule has 2 amide bonds. The third-order valence-corrected chi connectivity index (χ3v) is 5.46. The molecular formula is C17H15N3O5S. The SMILES string of the molecule is COC1=C(C(=O)O)N2C(=O)[C@@H](NC(=O)C(C#N)c3ccccc3)[C@@H]2SC1. The van der Waals surface area contributed by atoms with Gasteiger partial charge in [0.15, 0.2) is 5.70 Å². The molecule has 1 aromatic carbocycles. The minimum atomic E-state index is -1.26. The summed E-state index contributed by atoms with van der Waals surface area (Å²) < 4.78 is 5.05. The second-order valence-electron chi connectivity index (χ2n) is 5.65. The number of rotatable bonds is 5. The van der Waals surface area contributed by atoms with Gasteiger partial charge in [-0.25, -0.2) is 4.79 Å². The molecule has 0 spiro atoms. The Labute approximate surface area is 153 Å². The van der Waals surface area contributed by atoms with Crippen LogP contribution in [0.3, 0.4) is 0 Å². The predicted molar refractivity (Wildman–Crippen MR) is 91.5 cm³/mol. The predicted octanol–water partition coefficient (Wildman–Crippen LogP) is 0.636. The molecule has 2 N–H and O–H groups in total. The average Bonchev–Trinajstić information content (AvgIpc) is 2.66. The zero-order chi connectivity index (χ0) is 18.8. The molecule has 0 aliphatic carbocycles.